The Bertz CT molecular complexity index is 1220. The first-order valence-electron chi connectivity index (χ1n) is 11.2. The molecular weight excluding hydrogens is 434 g/mol. The summed E-state index contributed by atoms with van der Waals surface area (Å²) < 4.78 is 0. The molecule has 7 N–H and O–H groups in total. The highest BCUT2D eigenvalue weighted by Crippen LogP contribution is 2.30. The average Bonchev–Trinajstić information content (AvgIpc) is 2.80. The van der Waals surface area contributed by atoms with Gasteiger partial charge in [0.05, 0.1) is 34.8 Å². The number of nitrogen functional groups attached to an aromatic ring is 1. The van der Waals surface area contributed by atoms with Crippen LogP contribution in [0.3, 0.4) is 0 Å². The number of carboxylic acid groups (broad SMARTS) is 1. The first kappa shape index (κ1) is 23.2. The van der Waals surface area contributed by atoms with Crippen molar-refractivity contribution >= 4 is 40.0 Å². The molecule has 4 rings (SSSR count). The molecule has 34 heavy (non-hydrogen) atoms. The van der Waals surface area contributed by atoms with Gasteiger partial charge in [0.25, 0.3) is 5.91 Å². The van der Waals surface area contributed by atoms with Crippen molar-refractivity contribution in [1.82, 2.24) is 15.3 Å². The molecule has 2 aromatic heterocycles. The minimum absolute atomic E-state index is 0.0397. The van der Waals surface area contributed by atoms with E-state index in [0.717, 1.165) is 23.1 Å². The van der Waals surface area contributed by atoms with E-state index in [9.17, 15) is 9.59 Å². The number of aryl methyl sites for hydroxylation is 1. The summed E-state index contributed by atoms with van der Waals surface area (Å²) in [6, 6.07) is 8.70. The summed E-state index contributed by atoms with van der Waals surface area (Å²) in [5.41, 5.74) is 16.0. The van der Waals surface area contributed by atoms with Gasteiger partial charge in [-0.3, -0.25) is 9.78 Å². The summed E-state index contributed by atoms with van der Waals surface area (Å²) in [5, 5.41) is 15.4. The Morgan fingerprint density at radius 2 is 2.03 bits per heavy atom. The standard InChI is InChI=1S/C24H29N7O3/c1-3-14-4-5-15-9-16(25)22(28-18(15)8-14)23(32)29-19-10-27-7-6-20(19)31-11-13(2)21(17(26)12-31)30-24(33)34/h4-10,13,17,21,30H,3,11-12,25-26H2,1-2H3,(H,29,32)(H,33,34)/t13-,17+,21+/m1/s1. The van der Waals surface area contributed by atoms with E-state index >= 15 is 0 Å². The number of nitrogens with two attached hydrogens (primary N) is 2. The SMILES string of the molecule is CCc1ccc2cc(N)c(C(=O)Nc3cnccc3N3C[C@@H](C)[C@H](NC(=O)O)[C@@H](N)C3)nc2c1. The van der Waals surface area contributed by atoms with Crippen molar-refractivity contribution in [2.75, 3.05) is 29.0 Å². The van der Waals surface area contributed by atoms with E-state index in [-0.39, 0.29) is 23.3 Å². The summed E-state index contributed by atoms with van der Waals surface area (Å²) in [4.78, 5) is 35.0. The number of hydrogen-bond acceptors (Lipinski definition) is 7. The number of benzene rings is 1. The fourth-order valence-corrected chi connectivity index (χ4v) is 4.49. The van der Waals surface area contributed by atoms with Gasteiger partial charge in [-0.1, -0.05) is 26.0 Å². The molecule has 1 aliphatic heterocycles. The first-order chi connectivity index (χ1) is 16.3. The third-order valence-electron chi connectivity index (χ3n) is 6.23. The minimum atomic E-state index is -1.09. The third kappa shape index (κ3) is 4.72. The molecule has 10 nitrogen and oxygen atoms in total. The van der Waals surface area contributed by atoms with E-state index in [1.165, 1.54) is 0 Å². The second-order valence-corrected chi connectivity index (χ2v) is 8.68. The largest absolute Gasteiger partial charge is 0.465 e. The quantitative estimate of drug-likeness (QED) is 0.386. The number of rotatable bonds is 5. The zero-order chi connectivity index (χ0) is 24.4. The lowest BCUT2D eigenvalue weighted by atomic mass is 9.90. The van der Waals surface area contributed by atoms with Crippen molar-refractivity contribution in [3.05, 3.63) is 54.0 Å². The number of pyridine rings is 2. The molecule has 0 saturated carbocycles. The van der Waals surface area contributed by atoms with Crippen molar-refractivity contribution in [3.8, 4) is 0 Å². The Labute approximate surface area is 197 Å². The normalized spacial score (nSPS) is 20.2. The molecule has 1 aliphatic rings. The van der Waals surface area contributed by atoms with Crippen LogP contribution in [-0.4, -0.2) is 52.2 Å². The van der Waals surface area contributed by atoms with Gasteiger partial charge in [-0.05, 0) is 36.1 Å². The third-order valence-corrected chi connectivity index (χ3v) is 6.23. The highest BCUT2D eigenvalue weighted by molar-refractivity contribution is 6.09. The van der Waals surface area contributed by atoms with Crippen LogP contribution in [0.25, 0.3) is 10.9 Å². The Hall–Kier alpha value is -3.92. The summed E-state index contributed by atoms with van der Waals surface area (Å²) >= 11 is 0. The number of aromatic nitrogens is 2. The van der Waals surface area contributed by atoms with Crippen molar-refractivity contribution in [2.45, 2.75) is 32.4 Å². The first-order valence-corrected chi connectivity index (χ1v) is 11.2. The molecular formula is C24H29N7O3. The smallest absolute Gasteiger partial charge is 0.404 e. The monoisotopic (exact) mass is 463 g/mol. The number of piperidine rings is 1. The molecule has 0 spiro atoms. The molecule has 0 aliphatic carbocycles. The number of fused-ring (bicyclic) bond motifs is 1. The lowest BCUT2D eigenvalue weighted by Crippen LogP contribution is -2.61. The second kappa shape index (κ2) is 9.52. The van der Waals surface area contributed by atoms with Crippen LogP contribution >= 0.6 is 0 Å². The lowest BCUT2D eigenvalue weighted by molar-refractivity contribution is 0.102. The lowest BCUT2D eigenvalue weighted by Gasteiger charge is -2.42. The summed E-state index contributed by atoms with van der Waals surface area (Å²) in [5.74, 6) is -0.475. The molecule has 0 unspecified atom stereocenters. The van der Waals surface area contributed by atoms with Gasteiger partial charge in [0.1, 0.15) is 0 Å². The minimum Gasteiger partial charge on any atom is -0.465 e. The molecule has 1 saturated heterocycles. The Morgan fingerprint density at radius 3 is 2.74 bits per heavy atom. The van der Waals surface area contributed by atoms with Gasteiger partial charge in [-0.25, -0.2) is 9.78 Å². The van der Waals surface area contributed by atoms with E-state index in [1.54, 1.807) is 24.5 Å². The summed E-state index contributed by atoms with van der Waals surface area (Å²) in [6.07, 6.45) is 2.97. The molecule has 1 fully saturated rings. The average molecular weight is 464 g/mol. The van der Waals surface area contributed by atoms with Crippen molar-refractivity contribution < 1.29 is 14.7 Å². The number of amides is 2. The molecule has 3 aromatic rings. The van der Waals surface area contributed by atoms with Gasteiger partial charge in [-0.2, -0.15) is 0 Å². The molecule has 2 amide bonds. The van der Waals surface area contributed by atoms with Gasteiger partial charge in [0.2, 0.25) is 0 Å². The maximum atomic E-state index is 13.2. The van der Waals surface area contributed by atoms with Gasteiger partial charge >= 0.3 is 6.09 Å². The summed E-state index contributed by atoms with van der Waals surface area (Å²) in [7, 11) is 0. The molecule has 3 heterocycles. The number of nitrogens with one attached hydrogen (secondary N) is 2. The van der Waals surface area contributed by atoms with Crippen molar-refractivity contribution in [1.29, 1.82) is 0 Å². The molecule has 0 bridgehead atoms. The zero-order valence-electron chi connectivity index (χ0n) is 19.2. The topological polar surface area (TPSA) is 159 Å². The van der Waals surface area contributed by atoms with E-state index in [4.69, 9.17) is 16.6 Å². The maximum Gasteiger partial charge on any atom is 0.404 e. The Kier molecular flexibility index (Phi) is 6.51. The molecule has 1 aromatic carbocycles. The predicted octanol–water partition coefficient (Wildman–Crippen LogP) is 2.45. The number of carbonyl (C=O) groups excluding carboxylic acids is 1. The van der Waals surface area contributed by atoms with Crippen LogP contribution < -0.4 is 27.0 Å². The highest BCUT2D eigenvalue weighted by atomic mass is 16.4. The predicted molar refractivity (Wildman–Crippen MR) is 132 cm³/mol. The fourth-order valence-electron chi connectivity index (χ4n) is 4.49. The van der Waals surface area contributed by atoms with Crippen molar-refractivity contribution in [3.63, 3.8) is 0 Å². The Balaban J connectivity index is 1.59. The fraction of sp³-hybridized carbons (Fsp3) is 0.333. The van der Waals surface area contributed by atoms with E-state index in [0.29, 0.717) is 24.3 Å². The van der Waals surface area contributed by atoms with Crippen LogP contribution in [0.4, 0.5) is 21.9 Å². The van der Waals surface area contributed by atoms with Crippen LogP contribution in [-0.2, 0) is 6.42 Å². The maximum absolute atomic E-state index is 13.2. The number of nitrogens with zero attached hydrogens (tertiary/aromatic N) is 3. The van der Waals surface area contributed by atoms with Crippen LogP contribution in [0.2, 0.25) is 0 Å². The van der Waals surface area contributed by atoms with Gasteiger partial charge in [0.15, 0.2) is 5.69 Å². The van der Waals surface area contributed by atoms with Crippen LogP contribution in [0.5, 0.6) is 0 Å². The second-order valence-electron chi connectivity index (χ2n) is 8.68. The van der Waals surface area contributed by atoms with E-state index < -0.39 is 18.0 Å². The number of carbonyl (C=O) groups is 2. The van der Waals surface area contributed by atoms with Gasteiger partial charge in [-0.15, -0.1) is 0 Å². The molecule has 0 radical (unpaired) electrons. The van der Waals surface area contributed by atoms with Crippen LogP contribution in [0, 0.1) is 5.92 Å². The van der Waals surface area contributed by atoms with E-state index in [2.05, 4.69) is 27.5 Å². The summed E-state index contributed by atoms with van der Waals surface area (Å²) in [6.45, 7) is 4.97. The number of anilines is 3. The van der Waals surface area contributed by atoms with Crippen molar-refractivity contribution in [2.24, 2.45) is 11.7 Å². The molecule has 3 atom stereocenters. The molecule has 178 valence electrons. The van der Waals surface area contributed by atoms with Crippen LogP contribution in [0.15, 0.2) is 42.7 Å². The zero-order valence-corrected chi connectivity index (χ0v) is 19.2. The Morgan fingerprint density at radius 1 is 1.24 bits per heavy atom. The highest BCUT2D eigenvalue weighted by Gasteiger charge is 2.34. The van der Waals surface area contributed by atoms with Crippen LogP contribution in [0.1, 0.15) is 29.9 Å². The number of hydrogen-bond donors (Lipinski definition) is 5. The van der Waals surface area contributed by atoms with Gasteiger partial charge in [0, 0.05) is 30.7 Å². The van der Waals surface area contributed by atoms with E-state index in [1.807, 2.05) is 30.0 Å². The molecule has 10 heteroatoms. The van der Waals surface area contributed by atoms with Gasteiger partial charge < -0.3 is 32.1 Å².